The van der Waals surface area contributed by atoms with Crippen molar-refractivity contribution in [3.8, 4) is 17.2 Å². The number of nitrogens with zero attached hydrogens (tertiary/aromatic N) is 2. The van der Waals surface area contributed by atoms with E-state index in [2.05, 4.69) is 10.3 Å². The van der Waals surface area contributed by atoms with Gasteiger partial charge in [0.05, 0.1) is 26.6 Å². The molecule has 0 fully saturated rings. The molecule has 0 spiro atoms. The number of carbonyl (C=O) groups is 1. The van der Waals surface area contributed by atoms with Crippen LogP contribution in [0.4, 0.5) is 0 Å². The Labute approximate surface area is 158 Å². The molecule has 0 aliphatic rings. The summed E-state index contributed by atoms with van der Waals surface area (Å²) in [7, 11) is 3.15. The van der Waals surface area contributed by atoms with Gasteiger partial charge in [-0.05, 0) is 43.7 Å². The maximum absolute atomic E-state index is 12.7. The third-order valence-electron chi connectivity index (χ3n) is 4.56. The Morgan fingerprint density at radius 3 is 2.26 bits per heavy atom. The fourth-order valence-electron chi connectivity index (χ4n) is 2.93. The Bertz CT molecular complexity index is 893. The third-order valence-corrected chi connectivity index (χ3v) is 4.56. The normalized spacial score (nSPS) is 11.7. The molecule has 0 aliphatic carbocycles. The number of amides is 1. The van der Waals surface area contributed by atoms with E-state index in [9.17, 15) is 4.79 Å². The standard InChI is InChI=1S/C21H23N3O3/c1-14-19(26-3)11-17(12-20(14)27-4)21(25)23-15(2)16-5-7-18(8-6-16)24-10-9-22-13-24/h5-13,15H,1-4H3,(H,23,25)/t15-/m0/s1. The number of carbonyl (C=O) groups excluding carboxylic acids is 1. The van der Waals surface area contributed by atoms with Gasteiger partial charge >= 0.3 is 0 Å². The molecule has 0 bridgehead atoms. The monoisotopic (exact) mass is 365 g/mol. The van der Waals surface area contributed by atoms with E-state index in [0.717, 1.165) is 16.8 Å². The molecule has 6 nitrogen and oxygen atoms in total. The van der Waals surface area contributed by atoms with Crippen LogP contribution < -0.4 is 14.8 Å². The molecule has 1 atom stereocenters. The Hall–Kier alpha value is -3.28. The van der Waals surface area contributed by atoms with E-state index in [4.69, 9.17) is 9.47 Å². The Kier molecular flexibility index (Phi) is 5.45. The van der Waals surface area contributed by atoms with Gasteiger partial charge in [0.25, 0.3) is 5.91 Å². The Morgan fingerprint density at radius 2 is 1.74 bits per heavy atom. The molecule has 0 saturated heterocycles. The van der Waals surface area contributed by atoms with Crippen LogP contribution in [0, 0.1) is 6.92 Å². The molecule has 0 unspecified atom stereocenters. The largest absolute Gasteiger partial charge is 0.496 e. The van der Waals surface area contributed by atoms with Crippen molar-refractivity contribution >= 4 is 5.91 Å². The zero-order chi connectivity index (χ0) is 19.4. The van der Waals surface area contributed by atoms with Gasteiger partial charge in [-0.3, -0.25) is 4.79 Å². The molecule has 3 rings (SSSR count). The summed E-state index contributed by atoms with van der Waals surface area (Å²) in [6.45, 7) is 3.84. The lowest BCUT2D eigenvalue weighted by atomic mass is 10.1. The van der Waals surface area contributed by atoms with Gasteiger partial charge in [0.1, 0.15) is 11.5 Å². The van der Waals surface area contributed by atoms with Crippen molar-refractivity contribution in [1.82, 2.24) is 14.9 Å². The molecule has 6 heteroatoms. The summed E-state index contributed by atoms with van der Waals surface area (Å²) in [5.41, 5.74) is 3.39. The lowest BCUT2D eigenvalue weighted by Gasteiger charge is -2.17. The first kappa shape index (κ1) is 18.5. The number of hydrogen-bond acceptors (Lipinski definition) is 4. The smallest absolute Gasteiger partial charge is 0.252 e. The Balaban J connectivity index is 1.76. The first-order chi connectivity index (χ1) is 13.0. The van der Waals surface area contributed by atoms with E-state index in [1.807, 2.05) is 48.9 Å². The van der Waals surface area contributed by atoms with E-state index in [-0.39, 0.29) is 11.9 Å². The molecule has 1 heterocycles. The summed E-state index contributed by atoms with van der Waals surface area (Å²) in [4.78, 5) is 16.7. The Morgan fingerprint density at radius 1 is 1.11 bits per heavy atom. The molecule has 1 N–H and O–H groups in total. The fraction of sp³-hybridized carbons (Fsp3) is 0.238. The van der Waals surface area contributed by atoms with Gasteiger partial charge in [-0.25, -0.2) is 4.98 Å². The first-order valence-electron chi connectivity index (χ1n) is 8.65. The van der Waals surface area contributed by atoms with Gasteiger partial charge in [0, 0.05) is 29.2 Å². The SMILES string of the molecule is COc1cc(C(=O)N[C@@H](C)c2ccc(-n3ccnc3)cc2)cc(OC)c1C. The van der Waals surface area contributed by atoms with E-state index in [0.29, 0.717) is 17.1 Å². The van der Waals surface area contributed by atoms with Crippen molar-refractivity contribution < 1.29 is 14.3 Å². The van der Waals surface area contributed by atoms with Crippen molar-refractivity contribution in [3.63, 3.8) is 0 Å². The summed E-state index contributed by atoms with van der Waals surface area (Å²) in [6.07, 6.45) is 5.37. The van der Waals surface area contributed by atoms with Gasteiger partial charge in [0.2, 0.25) is 0 Å². The highest BCUT2D eigenvalue weighted by atomic mass is 16.5. The average molecular weight is 365 g/mol. The molecular weight excluding hydrogens is 342 g/mol. The molecule has 1 amide bonds. The predicted molar refractivity (Wildman–Crippen MR) is 104 cm³/mol. The number of ether oxygens (including phenoxy) is 2. The highest BCUT2D eigenvalue weighted by Crippen LogP contribution is 2.29. The summed E-state index contributed by atoms with van der Waals surface area (Å²) in [5.74, 6) is 1.06. The summed E-state index contributed by atoms with van der Waals surface area (Å²) < 4.78 is 12.6. The summed E-state index contributed by atoms with van der Waals surface area (Å²) in [6, 6.07) is 11.3. The van der Waals surface area contributed by atoms with Gasteiger partial charge in [-0.15, -0.1) is 0 Å². The lowest BCUT2D eigenvalue weighted by molar-refractivity contribution is 0.0939. The lowest BCUT2D eigenvalue weighted by Crippen LogP contribution is -2.26. The summed E-state index contributed by atoms with van der Waals surface area (Å²) >= 11 is 0. The zero-order valence-corrected chi connectivity index (χ0v) is 15.9. The number of nitrogens with one attached hydrogen (secondary N) is 1. The fourth-order valence-corrected chi connectivity index (χ4v) is 2.93. The molecule has 3 aromatic rings. The average Bonchev–Trinajstić information content (AvgIpc) is 3.23. The molecule has 1 aromatic heterocycles. The van der Waals surface area contributed by atoms with Crippen LogP contribution in [0.5, 0.6) is 11.5 Å². The number of aromatic nitrogens is 2. The quantitative estimate of drug-likeness (QED) is 0.724. The van der Waals surface area contributed by atoms with Gasteiger partial charge < -0.3 is 19.4 Å². The molecule has 0 radical (unpaired) electrons. The van der Waals surface area contributed by atoms with Gasteiger partial charge in [-0.1, -0.05) is 12.1 Å². The minimum absolute atomic E-state index is 0.146. The van der Waals surface area contributed by atoms with E-state index in [1.165, 1.54) is 0 Å². The minimum Gasteiger partial charge on any atom is -0.496 e. The highest BCUT2D eigenvalue weighted by Gasteiger charge is 2.16. The van der Waals surface area contributed by atoms with Crippen LogP contribution in [-0.4, -0.2) is 29.7 Å². The molecular formula is C21H23N3O3. The van der Waals surface area contributed by atoms with E-state index < -0.39 is 0 Å². The van der Waals surface area contributed by atoms with Crippen LogP contribution in [-0.2, 0) is 0 Å². The van der Waals surface area contributed by atoms with Crippen LogP contribution in [0.25, 0.3) is 5.69 Å². The van der Waals surface area contributed by atoms with Crippen LogP contribution >= 0.6 is 0 Å². The van der Waals surface area contributed by atoms with E-state index in [1.54, 1.807) is 38.9 Å². The molecule has 0 aliphatic heterocycles. The molecule has 2 aromatic carbocycles. The zero-order valence-electron chi connectivity index (χ0n) is 15.9. The first-order valence-corrected chi connectivity index (χ1v) is 8.65. The predicted octanol–water partition coefficient (Wildman–Crippen LogP) is 3.69. The molecule has 27 heavy (non-hydrogen) atoms. The second kappa shape index (κ2) is 7.95. The van der Waals surface area contributed by atoms with Crippen molar-refractivity contribution in [1.29, 1.82) is 0 Å². The van der Waals surface area contributed by atoms with Crippen molar-refractivity contribution in [2.75, 3.05) is 14.2 Å². The number of hydrogen-bond donors (Lipinski definition) is 1. The highest BCUT2D eigenvalue weighted by molar-refractivity contribution is 5.95. The maximum atomic E-state index is 12.7. The minimum atomic E-state index is -0.183. The van der Waals surface area contributed by atoms with Crippen molar-refractivity contribution in [2.24, 2.45) is 0 Å². The van der Waals surface area contributed by atoms with Gasteiger partial charge in [0.15, 0.2) is 0 Å². The number of imidazole rings is 1. The second-order valence-electron chi connectivity index (χ2n) is 6.26. The maximum Gasteiger partial charge on any atom is 0.252 e. The molecule has 0 saturated carbocycles. The van der Waals surface area contributed by atoms with E-state index >= 15 is 0 Å². The van der Waals surface area contributed by atoms with Crippen LogP contribution in [0.2, 0.25) is 0 Å². The second-order valence-corrected chi connectivity index (χ2v) is 6.26. The van der Waals surface area contributed by atoms with Gasteiger partial charge in [-0.2, -0.15) is 0 Å². The van der Waals surface area contributed by atoms with Crippen LogP contribution in [0.3, 0.4) is 0 Å². The summed E-state index contributed by atoms with van der Waals surface area (Å²) in [5, 5.41) is 3.02. The van der Waals surface area contributed by atoms with Crippen LogP contribution in [0.15, 0.2) is 55.1 Å². The molecule has 140 valence electrons. The topological polar surface area (TPSA) is 65.4 Å². The number of benzene rings is 2. The van der Waals surface area contributed by atoms with Crippen molar-refractivity contribution in [2.45, 2.75) is 19.9 Å². The number of methoxy groups -OCH3 is 2. The van der Waals surface area contributed by atoms with Crippen LogP contribution in [0.1, 0.15) is 34.5 Å². The number of rotatable bonds is 6. The third kappa shape index (κ3) is 3.95. The van der Waals surface area contributed by atoms with Crippen molar-refractivity contribution in [3.05, 3.63) is 71.8 Å².